The van der Waals surface area contributed by atoms with Gasteiger partial charge in [-0.2, -0.15) is 0 Å². The molecule has 0 amide bonds. The van der Waals surface area contributed by atoms with Crippen LogP contribution in [0.1, 0.15) is 33.6 Å². The lowest BCUT2D eigenvalue weighted by Crippen LogP contribution is -2.45. The Morgan fingerprint density at radius 1 is 1.41 bits per heavy atom. The van der Waals surface area contributed by atoms with E-state index in [1.54, 1.807) is 0 Å². The van der Waals surface area contributed by atoms with Crippen LogP contribution in [0.15, 0.2) is 0 Å². The van der Waals surface area contributed by atoms with Crippen LogP contribution in [0.5, 0.6) is 0 Å². The van der Waals surface area contributed by atoms with Gasteiger partial charge >= 0.3 is 0 Å². The van der Waals surface area contributed by atoms with E-state index in [-0.39, 0.29) is 0 Å². The summed E-state index contributed by atoms with van der Waals surface area (Å²) in [6.07, 6.45) is 2.53. The number of hydrogen-bond acceptors (Lipinski definition) is 3. The van der Waals surface area contributed by atoms with E-state index in [9.17, 15) is 0 Å². The number of ether oxygens (including phenoxy) is 1. The topological polar surface area (TPSA) is 33.3 Å². The summed E-state index contributed by atoms with van der Waals surface area (Å²) in [5.74, 6) is 1.46. The predicted octanol–water partition coefficient (Wildman–Crippen LogP) is 1.64. The molecule has 0 aromatic rings. The molecule has 2 N–H and O–H groups in total. The highest BCUT2D eigenvalue weighted by Gasteiger charge is 2.37. The van der Waals surface area contributed by atoms with Gasteiger partial charge in [-0.05, 0) is 43.6 Å². The first-order valence-corrected chi connectivity index (χ1v) is 7.16. The predicted molar refractivity (Wildman–Crippen MR) is 71.1 cm³/mol. The summed E-state index contributed by atoms with van der Waals surface area (Å²) in [5, 5.41) is 7.29. The van der Waals surface area contributed by atoms with Crippen molar-refractivity contribution in [2.45, 2.75) is 39.7 Å². The minimum Gasteiger partial charge on any atom is -0.381 e. The van der Waals surface area contributed by atoms with Crippen LogP contribution in [-0.4, -0.2) is 38.9 Å². The van der Waals surface area contributed by atoms with Gasteiger partial charge in [-0.25, -0.2) is 0 Å². The average Bonchev–Trinajstić information content (AvgIpc) is 2.97. The second-order valence-corrected chi connectivity index (χ2v) is 6.24. The summed E-state index contributed by atoms with van der Waals surface area (Å²) in [4.78, 5) is 0. The molecule has 17 heavy (non-hydrogen) atoms. The maximum absolute atomic E-state index is 5.47. The smallest absolute Gasteiger partial charge is 0.0509 e. The molecule has 0 spiro atoms. The molecule has 3 heteroatoms. The molecule has 3 atom stereocenters. The molecular weight excluding hydrogens is 212 g/mol. The Balaban J connectivity index is 1.82. The molecule has 100 valence electrons. The molecule has 0 aromatic heterocycles. The maximum Gasteiger partial charge on any atom is 0.0509 e. The quantitative estimate of drug-likeness (QED) is 0.766. The molecule has 3 nitrogen and oxygen atoms in total. The first kappa shape index (κ1) is 13.3. The van der Waals surface area contributed by atoms with E-state index in [0.29, 0.717) is 17.4 Å². The number of hydrogen-bond donors (Lipinski definition) is 2. The Labute approximate surface area is 106 Å². The zero-order valence-corrected chi connectivity index (χ0v) is 11.6. The Bertz CT molecular complexity index is 230. The van der Waals surface area contributed by atoms with Crippen molar-refractivity contribution < 1.29 is 4.74 Å². The van der Waals surface area contributed by atoms with Gasteiger partial charge in [0, 0.05) is 25.7 Å². The third-order valence-electron chi connectivity index (χ3n) is 4.95. The van der Waals surface area contributed by atoms with Crippen molar-refractivity contribution in [1.29, 1.82) is 0 Å². The number of rotatable bonds is 5. The number of nitrogens with one attached hydrogen (secondary N) is 2. The second kappa shape index (κ2) is 5.68. The van der Waals surface area contributed by atoms with E-state index >= 15 is 0 Å². The molecule has 2 heterocycles. The molecule has 2 aliphatic rings. The van der Waals surface area contributed by atoms with Crippen molar-refractivity contribution in [3.63, 3.8) is 0 Å². The van der Waals surface area contributed by atoms with Crippen molar-refractivity contribution in [1.82, 2.24) is 10.6 Å². The van der Waals surface area contributed by atoms with Crippen LogP contribution in [0.4, 0.5) is 0 Å². The third-order valence-corrected chi connectivity index (χ3v) is 4.95. The molecular formula is C14H28N2O. The van der Waals surface area contributed by atoms with Crippen molar-refractivity contribution in [2.75, 3.05) is 32.8 Å². The van der Waals surface area contributed by atoms with Crippen LogP contribution in [0.2, 0.25) is 0 Å². The molecule has 0 aliphatic carbocycles. The Morgan fingerprint density at radius 2 is 2.24 bits per heavy atom. The summed E-state index contributed by atoms with van der Waals surface area (Å²) in [6.45, 7) is 12.4. The zero-order chi connectivity index (χ0) is 12.3. The van der Waals surface area contributed by atoms with Crippen LogP contribution < -0.4 is 10.6 Å². The summed E-state index contributed by atoms with van der Waals surface area (Å²) >= 11 is 0. The van der Waals surface area contributed by atoms with Gasteiger partial charge in [-0.3, -0.25) is 0 Å². The van der Waals surface area contributed by atoms with Gasteiger partial charge in [0.1, 0.15) is 0 Å². The average molecular weight is 240 g/mol. The van der Waals surface area contributed by atoms with Crippen molar-refractivity contribution >= 4 is 0 Å². The normalized spacial score (nSPS) is 35.6. The fourth-order valence-corrected chi connectivity index (χ4v) is 3.09. The van der Waals surface area contributed by atoms with Gasteiger partial charge in [-0.15, -0.1) is 0 Å². The highest BCUT2D eigenvalue weighted by Crippen LogP contribution is 2.33. The van der Waals surface area contributed by atoms with Crippen LogP contribution in [0, 0.1) is 17.3 Å². The van der Waals surface area contributed by atoms with Gasteiger partial charge in [0.05, 0.1) is 6.61 Å². The minimum atomic E-state index is 0.466. The van der Waals surface area contributed by atoms with Gasteiger partial charge in [0.2, 0.25) is 0 Å². The van der Waals surface area contributed by atoms with E-state index in [1.807, 2.05) is 0 Å². The summed E-state index contributed by atoms with van der Waals surface area (Å²) in [7, 11) is 0. The van der Waals surface area contributed by atoms with Crippen LogP contribution in [-0.2, 0) is 4.74 Å². The molecule has 2 fully saturated rings. The van der Waals surface area contributed by atoms with Crippen LogP contribution in [0.25, 0.3) is 0 Å². The first-order chi connectivity index (χ1) is 8.14. The maximum atomic E-state index is 5.47. The summed E-state index contributed by atoms with van der Waals surface area (Å²) in [5.41, 5.74) is 0.466. The lowest BCUT2D eigenvalue weighted by atomic mass is 9.76. The van der Waals surface area contributed by atoms with Gasteiger partial charge < -0.3 is 15.4 Å². The van der Waals surface area contributed by atoms with E-state index < -0.39 is 0 Å². The van der Waals surface area contributed by atoms with Crippen molar-refractivity contribution in [3.05, 3.63) is 0 Å². The van der Waals surface area contributed by atoms with Gasteiger partial charge in [0.25, 0.3) is 0 Å². The van der Waals surface area contributed by atoms with Crippen LogP contribution >= 0.6 is 0 Å². The minimum absolute atomic E-state index is 0.466. The van der Waals surface area contributed by atoms with Crippen molar-refractivity contribution in [2.24, 2.45) is 17.3 Å². The molecule has 3 unspecified atom stereocenters. The van der Waals surface area contributed by atoms with E-state index in [1.165, 1.54) is 25.9 Å². The monoisotopic (exact) mass is 240 g/mol. The van der Waals surface area contributed by atoms with E-state index in [2.05, 4.69) is 31.4 Å². The first-order valence-electron chi connectivity index (χ1n) is 7.16. The van der Waals surface area contributed by atoms with Gasteiger partial charge in [0.15, 0.2) is 0 Å². The molecule has 2 rings (SSSR count). The molecule has 2 saturated heterocycles. The zero-order valence-electron chi connectivity index (χ0n) is 11.6. The summed E-state index contributed by atoms with van der Waals surface area (Å²) in [6, 6.07) is 0.591. The highest BCUT2D eigenvalue weighted by molar-refractivity contribution is 4.93. The molecule has 0 radical (unpaired) electrons. The van der Waals surface area contributed by atoms with E-state index in [0.717, 1.165) is 25.7 Å². The Morgan fingerprint density at radius 3 is 2.76 bits per heavy atom. The second-order valence-electron chi connectivity index (χ2n) is 6.24. The van der Waals surface area contributed by atoms with Crippen LogP contribution in [0.3, 0.4) is 0 Å². The van der Waals surface area contributed by atoms with Gasteiger partial charge in [-0.1, -0.05) is 13.8 Å². The van der Waals surface area contributed by atoms with E-state index in [4.69, 9.17) is 4.74 Å². The lowest BCUT2D eigenvalue weighted by Gasteiger charge is -2.35. The fraction of sp³-hybridized carbons (Fsp3) is 1.00. The molecule has 0 bridgehead atoms. The standard InChI is InChI=1S/C14H28N2O/c1-11(2)14(5-6-15-9-14)10-16-12(3)13-4-7-17-8-13/h11-13,15-16H,4-10H2,1-3H3. The summed E-state index contributed by atoms with van der Waals surface area (Å²) < 4.78 is 5.47. The lowest BCUT2D eigenvalue weighted by molar-refractivity contribution is 0.166. The van der Waals surface area contributed by atoms with Crippen molar-refractivity contribution in [3.8, 4) is 0 Å². The Hall–Kier alpha value is -0.120. The fourth-order valence-electron chi connectivity index (χ4n) is 3.09. The third kappa shape index (κ3) is 3.01. The molecule has 0 aromatic carbocycles. The highest BCUT2D eigenvalue weighted by atomic mass is 16.5. The molecule has 2 aliphatic heterocycles. The SMILES string of the molecule is CC(NCC1(C(C)C)CCNC1)C1CCOC1. The molecule has 0 saturated carbocycles. The largest absolute Gasteiger partial charge is 0.381 e. The Kier molecular flexibility index (Phi) is 4.45.